The fraction of sp³-hybridized carbons (Fsp3) is 0.318. The summed E-state index contributed by atoms with van der Waals surface area (Å²) in [7, 11) is 1.67. The number of benzene rings is 1. The predicted molar refractivity (Wildman–Crippen MR) is 108 cm³/mol. The van der Waals surface area contributed by atoms with Gasteiger partial charge < -0.3 is 9.84 Å². The number of likely N-dealkylation sites (N-methyl/N-ethyl adjacent to an activating group) is 1. The SMILES string of the molecule is C[C@H]1[C@H]2c3nccnc3N(C)C(=O)[C@@H](NC(=O)c3cc(Cc4ccccc4)on3)[C@@H]12. The molecule has 5 rings (SSSR count). The molecule has 0 bridgehead atoms. The second-order valence-corrected chi connectivity index (χ2v) is 7.92. The van der Waals surface area contributed by atoms with Gasteiger partial charge in [-0.2, -0.15) is 0 Å². The molecule has 1 aliphatic carbocycles. The van der Waals surface area contributed by atoms with Gasteiger partial charge in [-0.05, 0) is 11.5 Å². The van der Waals surface area contributed by atoms with Crippen LogP contribution in [0, 0.1) is 11.8 Å². The molecule has 0 spiro atoms. The molecule has 1 N–H and O–H groups in total. The van der Waals surface area contributed by atoms with E-state index in [2.05, 4.69) is 27.4 Å². The lowest BCUT2D eigenvalue weighted by Gasteiger charge is -2.22. The molecule has 0 saturated heterocycles. The second-order valence-electron chi connectivity index (χ2n) is 7.92. The van der Waals surface area contributed by atoms with Crippen molar-refractivity contribution in [2.75, 3.05) is 11.9 Å². The molecule has 152 valence electrons. The van der Waals surface area contributed by atoms with E-state index in [1.165, 1.54) is 4.90 Å². The normalized spacial score (nSPS) is 24.6. The molecular formula is C22H21N5O3. The van der Waals surface area contributed by atoms with Gasteiger partial charge in [0.05, 0.1) is 5.69 Å². The number of aromatic nitrogens is 3. The van der Waals surface area contributed by atoms with Crippen LogP contribution in [0.1, 0.15) is 40.3 Å². The second kappa shape index (κ2) is 7.05. The summed E-state index contributed by atoms with van der Waals surface area (Å²) in [5.41, 5.74) is 2.04. The maximum atomic E-state index is 13.1. The highest BCUT2D eigenvalue weighted by atomic mass is 16.5. The van der Waals surface area contributed by atoms with Crippen LogP contribution in [0.5, 0.6) is 0 Å². The van der Waals surface area contributed by atoms with Gasteiger partial charge in [0.15, 0.2) is 11.5 Å². The van der Waals surface area contributed by atoms with E-state index < -0.39 is 11.9 Å². The minimum Gasteiger partial charge on any atom is -0.360 e. The summed E-state index contributed by atoms with van der Waals surface area (Å²) in [6.45, 7) is 2.07. The van der Waals surface area contributed by atoms with E-state index in [0.717, 1.165) is 11.3 Å². The number of carbonyl (C=O) groups is 2. The summed E-state index contributed by atoms with van der Waals surface area (Å²) in [4.78, 5) is 36.2. The minimum absolute atomic E-state index is 0.0162. The third-order valence-electron chi connectivity index (χ3n) is 6.07. The van der Waals surface area contributed by atoms with Crippen LogP contribution >= 0.6 is 0 Å². The van der Waals surface area contributed by atoms with Gasteiger partial charge in [-0.3, -0.25) is 19.5 Å². The Hall–Kier alpha value is -3.55. The van der Waals surface area contributed by atoms with Crippen molar-refractivity contribution in [1.29, 1.82) is 0 Å². The Balaban J connectivity index is 1.35. The number of carbonyl (C=O) groups excluding carboxylic acids is 2. The molecule has 0 radical (unpaired) electrons. The summed E-state index contributed by atoms with van der Waals surface area (Å²) in [5, 5.41) is 6.79. The van der Waals surface area contributed by atoms with E-state index in [1.807, 2.05) is 30.3 Å². The Labute approximate surface area is 173 Å². The smallest absolute Gasteiger partial charge is 0.274 e. The van der Waals surface area contributed by atoms with Crippen LogP contribution in [0.3, 0.4) is 0 Å². The third kappa shape index (κ3) is 3.04. The van der Waals surface area contributed by atoms with Crippen LogP contribution in [-0.4, -0.2) is 40.0 Å². The molecule has 2 aromatic heterocycles. The zero-order valence-corrected chi connectivity index (χ0v) is 16.6. The number of anilines is 1. The highest BCUT2D eigenvalue weighted by Crippen LogP contribution is 2.58. The van der Waals surface area contributed by atoms with E-state index in [9.17, 15) is 9.59 Å². The fourth-order valence-electron chi connectivity index (χ4n) is 4.42. The predicted octanol–water partition coefficient (Wildman–Crippen LogP) is 2.18. The van der Waals surface area contributed by atoms with Gasteiger partial charge in [0.2, 0.25) is 0 Å². The van der Waals surface area contributed by atoms with Crippen molar-refractivity contribution in [2.24, 2.45) is 11.8 Å². The van der Waals surface area contributed by atoms with Crippen molar-refractivity contribution in [3.8, 4) is 0 Å². The number of nitrogens with one attached hydrogen (secondary N) is 1. The van der Waals surface area contributed by atoms with E-state index in [0.29, 0.717) is 18.0 Å². The molecule has 1 aliphatic heterocycles. The average Bonchev–Trinajstić information content (AvgIpc) is 3.21. The molecule has 1 aromatic carbocycles. The lowest BCUT2D eigenvalue weighted by atomic mass is 10.1. The van der Waals surface area contributed by atoms with Crippen molar-refractivity contribution in [1.82, 2.24) is 20.4 Å². The van der Waals surface area contributed by atoms with Gasteiger partial charge in [0.1, 0.15) is 11.8 Å². The van der Waals surface area contributed by atoms with Crippen molar-refractivity contribution >= 4 is 17.6 Å². The molecular weight excluding hydrogens is 382 g/mol. The van der Waals surface area contributed by atoms with Crippen LogP contribution < -0.4 is 10.2 Å². The molecule has 4 atom stereocenters. The summed E-state index contributed by atoms with van der Waals surface area (Å²) in [6, 6.07) is 10.8. The lowest BCUT2D eigenvalue weighted by molar-refractivity contribution is -0.120. The number of amides is 2. The molecule has 8 nitrogen and oxygen atoms in total. The first-order chi connectivity index (χ1) is 14.5. The average molecular weight is 403 g/mol. The fourth-order valence-corrected chi connectivity index (χ4v) is 4.42. The molecule has 2 amide bonds. The molecule has 3 aromatic rings. The number of nitrogens with zero attached hydrogens (tertiary/aromatic N) is 4. The van der Waals surface area contributed by atoms with E-state index in [4.69, 9.17) is 4.52 Å². The Kier molecular flexibility index (Phi) is 4.34. The molecule has 2 aliphatic rings. The summed E-state index contributed by atoms with van der Waals surface area (Å²) < 4.78 is 5.33. The van der Waals surface area contributed by atoms with Gasteiger partial charge in [-0.1, -0.05) is 42.4 Å². The molecule has 30 heavy (non-hydrogen) atoms. The van der Waals surface area contributed by atoms with Gasteiger partial charge in [0.25, 0.3) is 11.8 Å². The van der Waals surface area contributed by atoms with Crippen LogP contribution in [0.25, 0.3) is 0 Å². The maximum Gasteiger partial charge on any atom is 0.274 e. The van der Waals surface area contributed by atoms with Gasteiger partial charge in [-0.25, -0.2) is 4.98 Å². The summed E-state index contributed by atoms with van der Waals surface area (Å²) in [6.07, 6.45) is 3.76. The Morgan fingerprint density at radius 3 is 2.77 bits per heavy atom. The molecule has 1 saturated carbocycles. The largest absolute Gasteiger partial charge is 0.360 e. The van der Waals surface area contributed by atoms with Crippen LogP contribution in [0.4, 0.5) is 5.82 Å². The monoisotopic (exact) mass is 403 g/mol. The van der Waals surface area contributed by atoms with Crippen LogP contribution in [-0.2, 0) is 11.2 Å². The molecule has 3 heterocycles. The standard InChI is InChI=1S/C22H21N5O3/c1-12-16-17(12)19(22(29)27(2)20-18(16)23-8-9-24-20)25-21(28)15-11-14(30-26-15)10-13-6-4-3-5-7-13/h3-9,11-12,16-17,19H,10H2,1-2H3,(H,25,28)/t12-,16+,17-,19-/m0/s1. The quantitative estimate of drug-likeness (QED) is 0.717. The van der Waals surface area contributed by atoms with Crippen molar-refractivity contribution < 1.29 is 14.1 Å². The van der Waals surface area contributed by atoms with Crippen molar-refractivity contribution in [3.05, 3.63) is 71.5 Å². The summed E-state index contributed by atoms with van der Waals surface area (Å²) >= 11 is 0. The first kappa shape index (κ1) is 18.5. The molecule has 0 unspecified atom stereocenters. The lowest BCUT2D eigenvalue weighted by Crippen LogP contribution is -2.49. The highest BCUT2D eigenvalue weighted by molar-refractivity contribution is 6.02. The number of rotatable bonds is 4. The van der Waals surface area contributed by atoms with Crippen molar-refractivity contribution in [3.63, 3.8) is 0 Å². The van der Waals surface area contributed by atoms with Gasteiger partial charge in [-0.15, -0.1) is 0 Å². The minimum atomic E-state index is -0.659. The van der Waals surface area contributed by atoms with Crippen molar-refractivity contribution in [2.45, 2.75) is 25.3 Å². The first-order valence-corrected chi connectivity index (χ1v) is 9.93. The van der Waals surface area contributed by atoms with Gasteiger partial charge in [0, 0.05) is 43.8 Å². The number of hydrogen-bond acceptors (Lipinski definition) is 6. The first-order valence-electron chi connectivity index (χ1n) is 9.93. The Morgan fingerprint density at radius 2 is 1.97 bits per heavy atom. The Morgan fingerprint density at radius 1 is 1.20 bits per heavy atom. The van der Waals surface area contributed by atoms with E-state index >= 15 is 0 Å². The molecule has 1 fully saturated rings. The van der Waals surface area contributed by atoms with Gasteiger partial charge >= 0.3 is 0 Å². The zero-order valence-electron chi connectivity index (χ0n) is 16.6. The number of fused-ring (bicyclic) bond motifs is 3. The zero-order chi connectivity index (χ0) is 20.8. The van der Waals surface area contributed by atoms with Crippen LogP contribution in [0.15, 0.2) is 53.3 Å². The topological polar surface area (TPSA) is 101 Å². The Bertz CT molecular complexity index is 1110. The number of hydrogen-bond donors (Lipinski definition) is 1. The van der Waals surface area contributed by atoms with E-state index in [-0.39, 0.29) is 29.4 Å². The van der Waals surface area contributed by atoms with Crippen LogP contribution in [0.2, 0.25) is 0 Å². The van der Waals surface area contributed by atoms with E-state index in [1.54, 1.807) is 25.5 Å². The maximum absolute atomic E-state index is 13.1. The third-order valence-corrected chi connectivity index (χ3v) is 6.07. The molecule has 8 heteroatoms. The summed E-state index contributed by atoms with van der Waals surface area (Å²) in [5.74, 6) is 0.842. The highest BCUT2D eigenvalue weighted by Gasteiger charge is 2.59.